The first kappa shape index (κ1) is 20.6. The van der Waals surface area contributed by atoms with E-state index in [1.54, 1.807) is 24.3 Å². The molecule has 1 fully saturated rings. The molecule has 0 unspecified atom stereocenters. The molecule has 0 radical (unpaired) electrons. The van der Waals surface area contributed by atoms with Crippen LogP contribution in [0.2, 0.25) is 0 Å². The number of sulfone groups is 2. The molecule has 3 rings (SSSR count). The van der Waals surface area contributed by atoms with Crippen molar-refractivity contribution in [1.82, 2.24) is 5.32 Å². The van der Waals surface area contributed by atoms with Crippen LogP contribution in [0.25, 0.3) is 0 Å². The van der Waals surface area contributed by atoms with Gasteiger partial charge in [0, 0.05) is 6.04 Å². The molecule has 27 heavy (non-hydrogen) atoms. The number of hydrogen-bond donors (Lipinski definition) is 1. The topological polar surface area (TPSA) is 80.3 Å². The minimum absolute atomic E-state index is 0.108. The van der Waals surface area contributed by atoms with E-state index < -0.39 is 31.0 Å². The van der Waals surface area contributed by atoms with Crippen LogP contribution in [0, 0.1) is 0 Å². The number of nitrogens with one attached hydrogen (secondary N) is 1. The van der Waals surface area contributed by atoms with E-state index in [9.17, 15) is 16.8 Å². The maximum atomic E-state index is 13.1. The molecule has 0 spiro atoms. The highest BCUT2D eigenvalue weighted by Gasteiger charge is 2.45. The number of benzene rings is 1. The van der Waals surface area contributed by atoms with Gasteiger partial charge in [0.25, 0.3) is 0 Å². The molecular formula is C20H29NO4S2. The summed E-state index contributed by atoms with van der Waals surface area (Å²) in [5, 5.41) is 2.31. The lowest BCUT2D eigenvalue weighted by atomic mass is 9.97. The molecule has 0 amide bonds. The Morgan fingerprint density at radius 2 is 1.85 bits per heavy atom. The van der Waals surface area contributed by atoms with Crippen LogP contribution < -0.4 is 5.32 Å². The van der Waals surface area contributed by atoms with Crippen molar-refractivity contribution in [3.8, 4) is 0 Å². The number of allylic oxidation sites excluding steroid dienone is 1. The van der Waals surface area contributed by atoms with Crippen LogP contribution in [-0.2, 0) is 26.1 Å². The zero-order chi connectivity index (χ0) is 19.5. The molecule has 1 N–H and O–H groups in total. The van der Waals surface area contributed by atoms with Crippen LogP contribution >= 0.6 is 0 Å². The van der Waals surface area contributed by atoms with E-state index >= 15 is 0 Å². The van der Waals surface area contributed by atoms with Gasteiger partial charge in [-0.3, -0.25) is 0 Å². The molecule has 5 nitrogen and oxygen atoms in total. The Morgan fingerprint density at radius 3 is 2.48 bits per heavy atom. The zero-order valence-electron chi connectivity index (χ0n) is 15.9. The summed E-state index contributed by atoms with van der Waals surface area (Å²) < 4.78 is 50.5. The standard InChI is InChI=1S/C20H29NO4S2/c1-2-16-8-10-18(11-9-16)27(24,25)20-15-26(22,23)14-19(20)21-13-12-17-6-4-3-5-7-17/h6,8-11,19-21H,2-5,7,12-15H2,1H3/t19-,20-/m0/s1. The molecule has 2 aliphatic rings. The predicted octanol–water partition coefficient (Wildman–Crippen LogP) is 2.67. The van der Waals surface area contributed by atoms with Crippen molar-refractivity contribution >= 4 is 19.7 Å². The van der Waals surface area contributed by atoms with Crippen molar-refractivity contribution in [3.63, 3.8) is 0 Å². The summed E-state index contributed by atoms with van der Waals surface area (Å²) in [7, 11) is -7.06. The molecule has 1 heterocycles. The fourth-order valence-electron chi connectivity index (χ4n) is 3.95. The van der Waals surface area contributed by atoms with Crippen molar-refractivity contribution < 1.29 is 16.8 Å². The molecule has 0 aromatic heterocycles. The summed E-state index contributed by atoms with van der Waals surface area (Å²) >= 11 is 0. The number of aryl methyl sites for hydroxylation is 1. The van der Waals surface area contributed by atoms with E-state index in [4.69, 9.17) is 0 Å². The van der Waals surface area contributed by atoms with Crippen molar-refractivity contribution in [2.45, 2.75) is 61.6 Å². The first-order valence-corrected chi connectivity index (χ1v) is 13.1. The first-order valence-electron chi connectivity index (χ1n) is 9.76. The van der Waals surface area contributed by atoms with Crippen LogP contribution in [-0.4, -0.2) is 46.2 Å². The number of hydrogen-bond acceptors (Lipinski definition) is 5. The summed E-state index contributed by atoms with van der Waals surface area (Å²) in [4.78, 5) is 0.212. The average Bonchev–Trinajstić information content (AvgIpc) is 2.98. The van der Waals surface area contributed by atoms with E-state index in [-0.39, 0.29) is 16.4 Å². The highest BCUT2D eigenvalue weighted by Crippen LogP contribution is 2.27. The Labute approximate surface area is 163 Å². The third-order valence-electron chi connectivity index (χ3n) is 5.60. The van der Waals surface area contributed by atoms with Gasteiger partial charge in [-0.05, 0) is 62.8 Å². The van der Waals surface area contributed by atoms with Gasteiger partial charge in [0.15, 0.2) is 19.7 Å². The Balaban J connectivity index is 1.73. The van der Waals surface area contributed by atoms with Crippen molar-refractivity contribution in [1.29, 1.82) is 0 Å². The Morgan fingerprint density at radius 1 is 1.11 bits per heavy atom. The Hall–Kier alpha value is -1.18. The maximum Gasteiger partial charge on any atom is 0.183 e. The molecule has 150 valence electrons. The normalized spacial score (nSPS) is 25.3. The van der Waals surface area contributed by atoms with Gasteiger partial charge in [-0.15, -0.1) is 0 Å². The van der Waals surface area contributed by atoms with E-state index in [2.05, 4.69) is 11.4 Å². The molecular weight excluding hydrogens is 382 g/mol. The lowest BCUT2D eigenvalue weighted by molar-refractivity contribution is 0.523. The lowest BCUT2D eigenvalue weighted by Crippen LogP contribution is -2.43. The molecule has 1 aliphatic carbocycles. The highest BCUT2D eigenvalue weighted by molar-refractivity contribution is 7.96. The third kappa shape index (κ3) is 5.00. The quantitative estimate of drug-likeness (QED) is 0.698. The fraction of sp³-hybridized carbons (Fsp3) is 0.600. The minimum atomic E-state index is -3.70. The SMILES string of the molecule is CCc1ccc(S(=O)(=O)[C@H]2CS(=O)(=O)C[C@@H]2NCCC2=CCCCC2)cc1. The monoisotopic (exact) mass is 411 g/mol. The van der Waals surface area contributed by atoms with Gasteiger partial charge < -0.3 is 5.32 Å². The molecule has 1 aromatic carbocycles. The molecule has 0 bridgehead atoms. The zero-order valence-corrected chi connectivity index (χ0v) is 17.5. The van der Waals surface area contributed by atoms with Crippen LogP contribution in [0.1, 0.15) is 44.6 Å². The van der Waals surface area contributed by atoms with Crippen LogP contribution in [0.15, 0.2) is 40.8 Å². The second kappa shape index (κ2) is 8.45. The Kier molecular flexibility index (Phi) is 6.43. The van der Waals surface area contributed by atoms with Gasteiger partial charge in [0.2, 0.25) is 0 Å². The van der Waals surface area contributed by atoms with Crippen molar-refractivity contribution in [2.75, 3.05) is 18.1 Å². The minimum Gasteiger partial charge on any atom is -0.311 e. The molecule has 2 atom stereocenters. The van der Waals surface area contributed by atoms with Gasteiger partial charge in [-0.2, -0.15) is 0 Å². The second-order valence-corrected chi connectivity index (χ2v) is 11.9. The van der Waals surface area contributed by atoms with E-state index in [1.807, 2.05) is 6.92 Å². The van der Waals surface area contributed by atoms with Gasteiger partial charge in [0.05, 0.1) is 21.7 Å². The summed E-state index contributed by atoms with van der Waals surface area (Å²) in [6.07, 6.45) is 8.59. The van der Waals surface area contributed by atoms with Crippen LogP contribution in [0.5, 0.6) is 0 Å². The number of rotatable bonds is 7. The Bertz CT molecular complexity index is 886. The van der Waals surface area contributed by atoms with Crippen LogP contribution in [0.3, 0.4) is 0 Å². The van der Waals surface area contributed by atoms with E-state index in [1.165, 1.54) is 18.4 Å². The summed E-state index contributed by atoms with van der Waals surface area (Å²) in [6, 6.07) is 6.25. The highest BCUT2D eigenvalue weighted by atomic mass is 32.2. The van der Waals surface area contributed by atoms with Gasteiger partial charge >= 0.3 is 0 Å². The van der Waals surface area contributed by atoms with Gasteiger partial charge in [-0.1, -0.05) is 30.7 Å². The molecule has 7 heteroatoms. The van der Waals surface area contributed by atoms with Crippen LogP contribution in [0.4, 0.5) is 0 Å². The van der Waals surface area contributed by atoms with E-state index in [0.29, 0.717) is 6.54 Å². The largest absolute Gasteiger partial charge is 0.311 e. The average molecular weight is 412 g/mol. The predicted molar refractivity (Wildman–Crippen MR) is 108 cm³/mol. The molecule has 0 saturated carbocycles. The smallest absolute Gasteiger partial charge is 0.183 e. The first-order chi connectivity index (χ1) is 12.8. The third-order valence-corrected chi connectivity index (χ3v) is 9.76. The van der Waals surface area contributed by atoms with Gasteiger partial charge in [-0.25, -0.2) is 16.8 Å². The molecule has 1 saturated heterocycles. The van der Waals surface area contributed by atoms with E-state index in [0.717, 1.165) is 31.2 Å². The summed E-state index contributed by atoms with van der Waals surface area (Å²) in [5.41, 5.74) is 2.45. The van der Waals surface area contributed by atoms with Gasteiger partial charge in [0.1, 0.15) is 0 Å². The second-order valence-electron chi connectivity index (χ2n) is 7.58. The van der Waals surface area contributed by atoms with Crippen molar-refractivity contribution in [2.24, 2.45) is 0 Å². The molecule has 1 aromatic rings. The molecule has 1 aliphatic heterocycles. The fourth-order valence-corrected chi connectivity index (χ4v) is 8.67. The summed E-state index contributed by atoms with van der Waals surface area (Å²) in [5.74, 6) is -0.409. The van der Waals surface area contributed by atoms with Crippen molar-refractivity contribution in [3.05, 3.63) is 41.5 Å². The lowest BCUT2D eigenvalue weighted by Gasteiger charge is -2.21. The summed E-state index contributed by atoms with van der Waals surface area (Å²) in [6.45, 7) is 2.63. The maximum absolute atomic E-state index is 13.1.